The van der Waals surface area contributed by atoms with E-state index in [-0.39, 0.29) is 6.61 Å². The number of fused-ring (bicyclic) bond motifs is 1. The second-order valence-corrected chi connectivity index (χ2v) is 5.66. The molecule has 0 fully saturated rings. The Balaban J connectivity index is 2.13. The summed E-state index contributed by atoms with van der Waals surface area (Å²) in [5.74, 6) is -0.550. The first-order chi connectivity index (χ1) is 10.5. The summed E-state index contributed by atoms with van der Waals surface area (Å²) >= 11 is 5.62. The fraction of sp³-hybridized carbons (Fsp3) is 0.333. The minimum atomic E-state index is -1.24. The molecule has 0 aliphatic carbocycles. The summed E-state index contributed by atoms with van der Waals surface area (Å²) in [6.07, 6.45) is 0.671. The molecule has 0 aliphatic heterocycles. The molecule has 22 heavy (non-hydrogen) atoms. The van der Waals surface area contributed by atoms with Gasteiger partial charge in [0.05, 0.1) is 0 Å². The second-order valence-electron chi connectivity index (χ2n) is 5.32. The van der Waals surface area contributed by atoms with Crippen LogP contribution in [-0.2, 0) is 20.9 Å². The molecular formula is C18H19ClO3. The highest BCUT2D eigenvalue weighted by Crippen LogP contribution is 2.31. The molecular weight excluding hydrogens is 300 g/mol. The molecule has 0 spiro atoms. The quantitative estimate of drug-likeness (QED) is 0.449. The molecule has 0 N–H and O–H groups in total. The van der Waals surface area contributed by atoms with E-state index in [4.69, 9.17) is 16.3 Å². The Morgan fingerprint density at radius 2 is 1.68 bits per heavy atom. The van der Waals surface area contributed by atoms with Gasteiger partial charge in [0.1, 0.15) is 12.0 Å². The highest BCUT2D eigenvalue weighted by Gasteiger charge is 2.43. The highest BCUT2D eigenvalue weighted by atomic mass is 35.5. The molecule has 0 radical (unpaired) electrons. The van der Waals surface area contributed by atoms with Crippen LogP contribution in [0.2, 0.25) is 0 Å². The molecule has 0 atom stereocenters. The standard InChI is InChI=1S/C18H19ClO3/c1-3-18(4-2,16(19)20)17(21)22-12-13-9-10-14-7-5-6-8-15(14)11-13/h5-11H,3-4,12H2,1-2H3. The number of rotatable bonds is 6. The third-order valence-corrected chi connectivity index (χ3v) is 4.52. The van der Waals surface area contributed by atoms with E-state index in [1.54, 1.807) is 13.8 Å². The summed E-state index contributed by atoms with van der Waals surface area (Å²) in [7, 11) is 0. The Morgan fingerprint density at radius 3 is 2.27 bits per heavy atom. The van der Waals surface area contributed by atoms with Crippen LogP contribution in [0.1, 0.15) is 32.3 Å². The van der Waals surface area contributed by atoms with E-state index in [1.807, 2.05) is 42.5 Å². The molecule has 4 heteroatoms. The van der Waals surface area contributed by atoms with E-state index >= 15 is 0 Å². The zero-order valence-electron chi connectivity index (χ0n) is 12.8. The molecule has 2 aromatic rings. The molecule has 0 unspecified atom stereocenters. The predicted molar refractivity (Wildman–Crippen MR) is 87.6 cm³/mol. The molecule has 0 saturated heterocycles. The Morgan fingerprint density at radius 1 is 1.05 bits per heavy atom. The van der Waals surface area contributed by atoms with Crippen molar-refractivity contribution >= 4 is 33.6 Å². The van der Waals surface area contributed by atoms with Crippen LogP contribution >= 0.6 is 11.6 Å². The second kappa shape index (κ2) is 6.93. The van der Waals surface area contributed by atoms with Crippen LogP contribution in [0.4, 0.5) is 0 Å². The molecule has 0 bridgehead atoms. The van der Waals surface area contributed by atoms with Gasteiger partial charge < -0.3 is 4.74 Å². The van der Waals surface area contributed by atoms with E-state index in [0.717, 1.165) is 16.3 Å². The molecule has 2 aromatic carbocycles. The van der Waals surface area contributed by atoms with Crippen LogP contribution in [0.15, 0.2) is 42.5 Å². The minimum Gasteiger partial charge on any atom is -0.460 e. The molecule has 116 valence electrons. The Bertz CT molecular complexity index is 690. The number of carbonyl (C=O) groups is 2. The molecule has 0 heterocycles. The Hall–Kier alpha value is -1.87. The van der Waals surface area contributed by atoms with E-state index in [0.29, 0.717) is 12.8 Å². The van der Waals surface area contributed by atoms with Crippen molar-refractivity contribution in [2.75, 3.05) is 0 Å². The molecule has 3 nitrogen and oxygen atoms in total. The predicted octanol–water partition coefficient (Wildman–Crippen LogP) is 4.45. The number of halogens is 1. The highest BCUT2D eigenvalue weighted by molar-refractivity contribution is 6.66. The number of ether oxygens (including phenoxy) is 1. The summed E-state index contributed by atoms with van der Waals surface area (Å²) in [6.45, 7) is 3.66. The largest absolute Gasteiger partial charge is 0.460 e. The van der Waals surface area contributed by atoms with E-state index in [9.17, 15) is 9.59 Å². The van der Waals surface area contributed by atoms with Gasteiger partial charge in [-0.2, -0.15) is 0 Å². The van der Waals surface area contributed by atoms with Crippen molar-refractivity contribution in [1.29, 1.82) is 0 Å². The normalized spacial score (nSPS) is 11.4. The molecule has 2 rings (SSSR count). The third-order valence-electron chi connectivity index (χ3n) is 4.16. The summed E-state index contributed by atoms with van der Waals surface area (Å²) < 4.78 is 5.34. The van der Waals surface area contributed by atoms with Gasteiger partial charge in [0.15, 0.2) is 0 Å². The van der Waals surface area contributed by atoms with Crippen molar-refractivity contribution in [2.45, 2.75) is 33.3 Å². The van der Waals surface area contributed by atoms with E-state index < -0.39 is 16.6 Å². The topological polar surface area (TPSA) is 43.4 Å². The van der Waals surface area contributed by atoms with Gasteiger partial charge in [0, 0.05) is 0 Å². The Kier molecular flexibility index (Phi) is 5.19. The average Bonchev–Trinajstić information content (AvgIpc) is 2.54. The van der Waals surface area contributed by atoms with Crippen molar-refractivity contribution in [3.05, 3.63) is 48.0 Å². The van der Waals surface area contributed by atoms with Gasteiger partial charge in [-0.15, -0.1) is 0 Å². The van der Waals surface area contributed by atoms with Crippen molar-refractivity contribution in [3.63, 3.8) is 0 Å². The van der Waals surface area contributed by atoms with Crippen molar-refractivity contribution in [2.24, 2.45) is 5.41 Å². The molecule has 0 amide bonds. The molecule has 0 saturated carbocycles. The maximum absolute atomic E-state index is 12.3. The van der Waals surface area contributed by atoms with Gasteiger partial charge in [-0.05, 0) is 46.8 Å². The van der Waals surface area contributed by atoms with Gasteiger partial charge in [0.2, 0.25) is 5.24 Å². The van der Waals surface area contributed by atoms with Crippen LogP contribution in [0.3, 0.4) is 0 Å². The fourth-order valence-corrected chi connectivity index (χ4v) is 2.86. The van der Waals surface area contributed by atoms with Crippen LogP contribution in [0.5, 0.6) is 0 Å². The molecule has 0 aliphatic rings. The number of carbonyl (C=O) groups excluding carboxylic acids is 2. The molecule has 0 aromatic heterocycles. The lowest BCUT2D eigenvalue weighted by atomic mass is 9.84. The lowest BCUT2D eigenvalue weighted by Crippen LogP contribution is -2.37. The van der Waals surface area contributed by atoms with Gasteiger partial charge in [-0.25, -0.2) is 0 Å². The zero-order chi connectivity index (χ0) is 16.2. The summed E-state index contributed by atoms with van der Waals surface area (Å²) in [4.78, 5) is 23.9. The fourth-order valence-electron chi connectivity index (χ4n) is 2.51. The van der Waals surface area contributed by atoms with Crippen molar-refractivity contribution in [1.82, 2.24) is 0 Å². The van der Waals surface area contributed by atoms with Crippen molar-refractivity contribution < 1.29 is 14.3 Å². The number of benzene rings is 2. The summed E-state index contributed by atoms with van der Waals surface area (Å²) in [5, 5.41) is 1.56. The maximum Gasteiger partial charge on any atom is 0.321 e. The van der Waals surface area contributed by atoms with E-state index in [2.05, 4.69) is 0 Å². The summed E-state index contributed by atoms with van der Waals surface area (Å²) in [6, 6.07) is 13.8. The monoisotopic (exact) mass is 318 g/mol. The SMILES string of the molecule is CCC(CC)(C(=O)Cl)C(=O)OCc1ccc2ccccc2c1. The van der Waals surface area contributed by atoms with Crippen LogP contribution < -0.4 is 0 Å². The van der Waals surface area contributed by atoms with Crippen molar-refractivity contribution in [3.8, 4) is 0 Å². The number of hydrogen-bond donors (Lipinski definition) is 0. The number of hydrogen-bond acceptors (Lipinski definition) is 3. The van der Waals surface area contributed by atoms with Gasteiger partial charge in [-0.1, -0.05) is 50.2 Å². The number of esters is 1. The first-order valence-corrected chi connectivity index (χ1v) is 7.76. The average molecular weight is 319 g/mol. The summed E-state index contributed by atoms with van der Waals surface area (Å²) in [5.41, 5.74) is -0.353. The Labute approximate surface area is 135 Å². The van der Waals surface area contributed by atoms with Gasteiger partial charge >= 0.3 is 5.97 Å². The maximum atomic E-state index is 12.3. The first kappa shape index (κ1) is 16.5. The smallest absolute Gasteiger partial charge is 0.321 e. The van der Waals surface area contributed by atoms with Crippen LogP contribution in [0, 0.1) is 5.41 Å². The zero-order valence-corrected chi connectivity index (χ0v) is 13.5. The van der Waals surface area contributed by atoms with Crippen LogP contribution in [0.25, 0.3) is 10.8 Å². The third kappa shape index (κ3) is 3.14. The van der Waals surface area contributed by atoms with Gasteiger partial charge in [0.25, 0.3) is 0 Å². The lowest BCUT2D eigenvalue weighted by Gasteiger charge is -2.24. The van der Waals surface area contributed by atoms with E-state index in [1.165, 1.54) is 0 Å². The minimum absolute atomic E-state index is 0.135. The first-order valence-electron chi connectivity index (χ1n) is 7.38. The van der Waals surface area contributed by atoms with Gasteiger partial charge in [-0.3, -0.25) is 9.59 Å². The lowest BCUT2D eigenvalue weighted by molar-refractivity contribution is -0.160. The van der Waals surface area contributed by atoms with Crippen LogP contribution in [-0.4, -0.2) is 11.2 Å².